The first-order valence-corrected chi connectivity index (χ1v) is 27.1. The Hall–Kier alpha value is -8.86. The maximum Gasteiger partial charge on any atom is 0.159 e. The molecule has 0 atom stereocenters. The van der Waals surface area contributed by atoms with Gasteiger partial charge in [0.05, 0.1) is 11.4 Å². The summed E-state index contributed by atoms with van der Waals surface area (Å²) < 4.78 is 13.6. The molecule has 0 aliphatic heterocycles. The second-order valence-corrected chi connectivity index (χ2v) is 23.7. The van der Waals surface area contributed by atoms with Crippen LogP contribution in [0.15, 0.2) is 227 Å². The van der Waals surface area contributed by atoms with E-state index in [0.717, 1.165) is 78.0 Å². The Bertz CT molecular complexity index is 4490. The third-order valence-corrected chi connectivity index (χ3v) is 16.6. The summed E-state index contributed by atoms with van der Waals surface area (Å²) in [4.78, 5) is 4.79. The molecule has 11 aromatic carbocycles. The van der Waals surface area contributed by atoms with Gasteiger partial charge in [-0.2, -0.15) is 0 Å². The highest BCUT2D eigenvalue weighted by Gasteiger charge is 2.37. The number of rotatable bonds is 7. The SMILES string of the molecule is CC(C)(C)c1ccc(N(c2ccc3c(c2)C(C)(C)c2cccc4c2c-3c(-c2ccccc2)c2ccc(N(c3ccc(C(C)(C)C)cc3)c3cccc5c3oc3ccccc35)cc24)c2cccc3c2oc2ccccc23)cc1. The van der Waals surface area contributed by atoms with E-state index >= 15 is 0 Å². The molecule has 0 bridgehead atoms. The van der Waals surface area contributed by atoms with Gasteiger partial charge in [-0.15, -0.1) is 0 Å². The van der Waals surface area contributed by atoms with Crippen molar-refractivity contribution < 1.29 is 8.83 Å². The number of fused-ring (bicyclic) bond motifs is 10. The van der Waals surface area contributed by atoms with Crippen LogP contribution in [0.1, 0.15) is 77.6 Å². The van der Waals surface area contributed by atoms with Gasteiger partial charge in [-0.05, 0) is 150 Å². The normalized spacial score (nSPS) is 13.3. The highest BCUT2D eigenvalue weighted by atomic mass is 16.3. The minimum atomic E-state index is -0.387. The fraction of sp³-hybridized carbons (Fsp3) is 0.151. The summed E-state index contributed by atoms with van der Waals surface area (Å²) in [5.74, 6) is 0. The topological polar surface area (TPSA) is 32.8 Å². The lowest BCUT2D eigenvalue weighted by molar-refractivity contribution is 0.590. The third kappa shape index (κ3) is 7.33. The Labute approximate surface area is 450 Å². The van der Waals surface area contributed by atoms with Crippen molar-refractivity contribution in [2.45, 2.75) is 71.6 Å². The lowest BCUT2D eigenvalue weighted by atomic mass is 9.66. The standard InChI is InChI=1S/C73H60N2O2/c1-71(2,3)46-31-35-48(36-32-46)74(62-27-17-24-56-52-21-12-14-29-64(52)76-69(56)62)50-39-41-55-59(43-50)54-23-16-26-60-67(54)68(66(55)45-19-10-9-11-20-45)58-42-40-51(44-61(58)73(60,7)8)75(49-37-33-47(34-38-49)72(4,5)6)63-28-18-25-57-53-22-13-15-30-65(53)77-70(57)63/h9-44H,1-8H3. The van der Waals surface area contributed by atoms with Gasteiger partial charge in [-0.3, -0.25) is 0 Å². The van der Waals surface area contributed by atoms with Gasteiger partial charge in [0.2, 0.25) is 0 Å². The van der Waals surface area contributed by atoms with Crippen molar-refractivity contribution in [2.24, 2.45) is 0 Å². The number of para-hydroxylation sites is 4. The molecular formula is C73H60N2O2. The van der Waals surface area contributed by atoms with Crippen LogP contribution < -0.4 is 9.80 Å². The minimum absolute atomic E-state index is 0.00797. The van der Waals surface area contributed by atoms with E-state index in [4.69, 9.17) is 8.83 Å². The smallest absolute Gasteiger partial charge is 0.159 e. The molecule has 2 heterocycles. The van der Waals surface area contributed by atoms with Gasteiger partial charge < -0.3 is 18.6 Å². The minimum Gasteiger partial charge on any atom is -0.454 e. The molecule has 4 heteroatoms. The summed E-state index contributed by atoms with van der Waals surface area (Å²) in [6, 6.07) is 80.4. The summed E-state index contributed by atoms with van der Waals surface area (Å²) in [6.07, 6.45) is 0. The molecule has 0 unspecified atom stereocenters. The van der Waals surface area contributed by atoms with E-state index in [9.17, 15) is 0 Å². The molecule has 0 amide bonds. The first-order chi connectivity index (χ1) is 37.2. The largest absolute Gasteiger partial charge is 0.454 e. The molecule has 77 heavy (non-hydrogen) atoms. The second kappa shape index (κ2) is 17.1. The fourth-order valence-electron chi connectivity index (χ4n) is 12.6. The quantitative estimate of drug-likeness (QED) is 0.149. The number of hydrogen-bond acceptors (Lipinski definition) is 4. The molecule has 374 valence electrons. The maximum atomic E-state index is 6.80. The molecular weight excluding hydrogens is 937 g/mol. The number of furan rings is 2. The van der Waals surface area contributed by atoms with Crippen molar-refractivity contribution in [3.8, 4) is 22.3 Å². The lowest BCUT2D eigenvalue weighted by Gasteiger charge is -2.38. The fourth-order valence-corrected chi connectivity index (χ4v) is 12.6. The van der Waals surface area contributed by atoms with Crippen molar-refractivity contribution in [1.29, 1.82) is 0 Å². The molecule has 1 aliphatic rings. The van der Waals surface area contributed by atoms with E-state index in [1.54, 1.807) is 0 Å². The van der Waals surface area contributed by atoms with Crippen LogP contribution in [0, 0.1) is 0 Å². The number of benzene rings is 11. The number of anilines is 6. The van der Waals surface area contributed by atoms with Gasteiger partial charge in [-0.1, -0.05) is 201 Å². The van der Waals surface area contributed by atoms with Crippen LogP contribution in [0.2, 0.25) is 0 Å². The molecule has 0 saturated heterocycles. The third-order valence-electron chi connectivity index (χ3n) is 16.6. The van der Waals surface area contributed by atoms with Crippen LogP contribution in [0.5, 0.6) is 0 Å². The monoisotopic (exact) mass is 996 g/mol. The molecule has 0 N–H and O–H groups in total. The van der Waals surface area contributed by atoms with Gasteiger partial charge in [0.25, 0.3) is 0 Å². The second-order valence-electron chi connectivity index (χ2n) is 23.7. The predicted octanol–water partition coefficient (Wildman–Crippen LogP) is 21.3. The van der Waals surface area contributed by atoms with Gasteiger partial charge in [-0.25, -0.2) is 0 Å². The zero-order valence-corrected chi connectivity index (χ0v) is 45.0. The van der Waals surface area contributed by atoms with Crippen molar-refractivity contribution in [2.75, 3.05) is 9.80 Å². The van der Waals surface area contributed by atoms with Crippen LogP contribution in [0.4, 0.5) is 34.1 Å². The van der Waals surface area contributed by atoms with E-state index in [0.29, 0.717) is 0 Å². The van der Waals surface area contributed by atoms with E-state index in [-0.39, 0.29) is 16.2 Å². The van der Waals surface area contributed by atoms with Crippen LogP contribution >= 0.6 is 0 Å². The van der Waals surface area contributed by atoms with E-state index in [1.165, 1.54) is 66.1 Å². The lowest BCUT2D eigenvalue weighted by Crippen LogP contribution is -2.25. The van der Waals surface area contributed by atoms with Crippen molar-refractivity contribution in [3.05, 3.63) is 241 Å². The highest BCUT2D eigenvalue weighted by molar-refractivity contribution is 6.25. The molecule has 14 rings (SSSR count). The Morgan fingerprint density at radius 2 is 0.818 bits per heavy atom. The van der Waals surface area contributed by atoms with Crippen LogP contribution in [-0.2, 0) is 16.2 Å². The van der Waals surface area contributed by atoms with Crippen LogP contribution in [0.3, 0.4) is 0 Å². The van der Waals surface area contributed by atoms with E-state index < -0.39 is 0 Å². The molecule has 13 aromatic rings. The molecule has 0 fully saturated rings. The number of nitrogens with zero attached hydrogens (tertiary/aromatic N) is 2. The Balaban J connectivity index is 1.01. The van der Waals surface area contributed by atoms with Gasteiger partial charge in [0.15, 0.2) is 11.2 Å². The Kier molecular flexibility index (Phi) is 10.3. The summed E-state index contributed by atoms with van der Waals surface area (Å²) in [5.41, 5.74) is 19.5. The maximum absolute atomic E-state index is 6.80. The Morgan fingerprint density at radius 1 is 0.351 bits per heavy atom. The molecule has 0 radical (unpaired) electrons. The van der Waals surface area contributed by atoms with Crippen LogP contribution in [0.25, 0.3) is 87.7 Å². The van der Waals surface area contributed by atoms with Gasteiger partial charge >= 0.3 is 0 Å². The van der Waals surface area contributed by atoms with Gasteiger partial charge in [0, 0.05) is 49.7 Å². The molecule has 4 nitrogen and oxygen atoms in total. The first-order valence-electron chi connectivity index (χ1n) is 27.1. The van der Waals surface area contributed by atoms with E-state index in [1.807, 2.05) is 6.07 Å². The average Bonchev–Trinajstić information content (AvgIpc) is 4.20. The Morgan fingerprint density at radius 3 is 1.38 bits per heavy atom. The first kappa shape index (κ1) is 46.7. The van der Waals surface area contributed by atoms with Gasteiger partial charge in [0.1, 0.15) is 11.2 Å². The number of hydrogen-bond donors (Lipinski definition) is 0. The molecule has 0 saturated carbocycles. The highest BCUT2D eigenvalue weighted by Crippen LogP contribution is 2.57. The zero-order chi connectivity index (χ0) is 52.5. The molecule has 1 aliphatic carbocycles. The average molecular weight is 997 g/mol. The van der Waals surface area contributed by atoms with Crippen LogP contribution in [-0.4, -0.2) is 0 Å². The summed E-state index contributed by atoms with van der Waals surface area (Å²) in [7, 11) is 0. The predicted molar refractivity (Wildman–Crippen MR) is 326 cm³/mol. The summed E-state index contributed by atoms with van der Waals surface area (Å²) in [5, 5.41) is 9.36. The molecule has 0 spiro atoms. The van der Waals surface area contributed by atoms with Crippen molar-refractivity contribution in [1.82, 2.24) is 0 Å². The van der Waals surface area contributed by atoms with E-state index in [2.05, 4.69) is 278 Å². The van der Waals surface area contributed by atoms with Crippen molar-refractivity contribution >= 4 is 99.5 Å². The molecule has 2 aromatic heterocycles. The summed E-state index contributed by atoms with van der Waals surface area (Å²) in [6.45, 7) is 18.5. The van der Waals surface area contributed by atoms with Crippen molar-refractivity contribution in [3.63, 3.8) is 0 Å². The zero-order valence-electron chi connectivity index (χ0n) is 45.0. The summed E-state index contributed by atoms with van der Waals surface area (Å²) >= 11 is 0.